The van der Waals surface area contributed by atoms with Crippen LogP contribution in [0.5, 0.6) is 0 Å². The van der Waals surface area contributed by atoms with Crippen LogP contribution in [0, 0.1) is 0 Å². The molecule has 0 rings (SSSR count). The third-order valence-electron chi connectivity index (χ3n) is 0.430. The van der Waals surface area contributed by atoms with Crippen LogP contribution in [-0.2, 0) is 14.7 Å². The van der Waals surface area contributed by atoms with Gasteiger partial charge in [-0.3, -0.25) is 0 Å². The zero-order valence-corrected chi connectivity index (χ0v) is 5.97. The van der Waals surface area contributed by atoms with Crippen molar-refractivity contribution in [1.82, 2.24) is 0 Å². The zero-order valence-electron chi connectivity index (χ0n) is 5.16. The van der Waals surface area contributed by atoms with E-state index in [9.17, 15) is 9.00 Å². The molecule has 0 aromatic carbocycles. The first-order chi connectivity index (χ1) is 3.95. The van der Waals surface area contributed by atoms with Gasteiger partial charge >= 0.3 is 6.09 Å². The fraction of sp³-hybridized carbons (Fsp3) is 0.667. The van der Waals surface area contributed by atoms with Gasteiger partial charge in [0.15, 0.2) is 0 Å². The van der Waals surface area contributed by atoms with E-state index >= 15 is 0 Å². The topological polar surface area (TPSA) is 81.8 Å². The minimum atomic E-state index is -2.84. The van der Waals surface area contributed by atoms with Crippen LogP contribution in [0.4, 0.5) is 4.79 Å². The number of hydrogen-bond acceptors (Lipinski definition) is 3. The van der Waals surface area contributed by atoms with E-state index in [-0.39, 0.29) is 0 Å². The highest BCUT2D eigenvalue weighted by Gasteiger charge is 1.97. The van der Waals surface area contributed by atoms with Crippen molar-refractivity contribution in [2.75, 3.05) is 13.4 Å². The van der Waals surface area contributed by atoms with E-state index in [0.717, 1.165) is 13.4 Å². The van der Waals surface area contributed by atoms with Gasteiger partial charge in [-0.05, 0) is 0 Å². The van der Waals surface area contributed by atoms with Crippen molar-refractivity contribution in [3.8, 4) is 0 Å². The Hall–Kier alpha value is -0.620. The maximum Gasteiger partial charge on any atom is 0.442 e. The molecule has 0 aliphatic carbocycles. The molecule has 0 fully saturated rings. The standard InChI is InChI=1S/C3H8N2O3S/c1-8-3(6)5-9(2,4)7/h1-2H3,(H2,4,5,6,7). The number of carbonyl (C=O) groups excluding carboxylic acids is 1. The van der Waals surface area contributed by atoms with Crippen LogP contribution in [0.3, 0.4) is 0 Å². The molecule has 9 heavy (non-hydrogen) atoms. The van der Waals surface area contributed by atoms with Gasteiger partial charge in [0.25, 0.3) is 0 Å². The minimum Gasteiger partial charge on any atom is -0.451 e. The predicted octanol–water partition coefficient (Wildman–Crippen LogP) is -0.276. The number of nitrogens with two attached hydrogens (primary N) is 1. The van der Waals surface area contributed by atoms with Gasteiger partial charge in [-0.2, -0.15) is 0 Å². The van der Waals surface area contributed by atoms with Gasteiger partial charge in [-0.1, -0.05) is 0 Å². The van der Waals surface area contributed by atoms with Crippen molar-refractivity contribution in [1.29, 1.82) is 0 Å². The van der Waals surface area contributed by atoms with E-state index in [1.54, 1.807) is 0 Å². The molecule has 5 nitrogen and oxygen atoms in total. The monoisotopic (exact) mass is 152 g/mol. The summed E-state index contributed by atoms with van der Waals surface area (Å²) in [4.78, 5) is 10.2. The number of amides is 1. The van der Waals surface area contributed by atoms with Crippen LogP contribution in [0.15, 0.2) is 4.36 Å². The Bertz CT molecular complexity index is 207. The Balaban J connectivity index is 4.33. The Morgan fingerprint density at radius 1 is 1.78 bits per heavy atom. The fourth-order valence-corrected chi connectivity index (χ4v) is 0.556. The fourth-order valence-electron chi connectivity index (χ4n) is 0.185. The Morgan fingerprint density at radius 3 is 2.33 bits per heavy atom. The highest BCUT2D eigenvalue weighted by Crippen LogP contribution is 1.83. The lowest BCUT2D eigenvalue weighted by Gasteiger charge is -1.91. The summed E-state index contributed by atoms with van der Waals surface area (Å²) in [6.07, 6.45) is 0.231. The molecule has 0 heterocycles. The smallest absolute Gasteiger partial charge is 0.442 e. The molecule has 1 amide bonds. The highest BCUT2D eigenvalue weighted by atomic mass is 32.2. The number of nitrogens with zero attached hydrogens (tertiary/aromatic N) is 1. The summed E-state index contributed by atoms with van der Waals surface area (Å²) in [5.74, 6) is 0. The Labute approximate surface area is 53.5 Å². The summed E-state index contributed by atoms with van der Waals surface area (Å²) in [6, 6.07) is 0. The van der Waals surface area contributed by atoms with Crippen LogP contribution >= 0.6 is 0 Å². The first-order valence-corrected chi connectivity index (χ1v) is 4.02. The zero-order chi connectivity index (χ0) is 7.49. The molecule has 1 unspecified atom stereocenters. The molecule has 0 aliphatic heterocycles. The summed E-state index contributed by atoms with van der Waals surface area (Å²) in [7, 11) is -1.70. The third-order valence-corrected chi connectivity index (χ3v) is 0.942. The van der Waals surface area contributed by atoms with E-state index < -0.39 is 16.0 Å². The van der Waals surface area contributed by atoms with Gasteiger partial charge in [0, 0.05) is 6.26 Å². The molecule has 0 spiro atoms. The molecule has 0 aliphatic rings. The van der Waals surface area contributed by atoms with Crippen molar-refractivity contribution in [2.24, 2.45) is 9.50 Å². The van der Waals surface area contributed by atoms with E-state index in [0.29, 0.717) is 0 Å². The molecular formula is C3H8N2O3S. The van der Waals surface area contributed by atoms with Crippen molar-refractivity contribution in [3.05, 3.63) is 0 Å². The lowest BCUT2D eigenvalue weighted by atomic mass is 11.2. The molecule has 54 valence electrons. The van der Waals surface area contributed by atoms with Crippen LogP contribution in [0.2, 0.25) is 0 Å². The van der Waals surface area contributed by atoms with Crippen LogP contribution in [-0.4, -0.2) is 23.7 Å². The minimum absolute atomic E-state index is 0.912. The summed E-state index contributed by atoms with van der Waals surface area (Å²) >= 11 is 0. The van der Waals surface area contributed by atoms with Crippen LogP contribution in [0.1, 0.15) is 0 Å². The average molecular weight is 152 g/mol. The number of ether oxygens (including phenoxy) is 1. The highest BCUT2D eigenvalue weighted by molar-refractivity contribution is 7.90. The summed E-state index contributed by atoms with van der Waals surface area (Å²) < 4.78 is 17.5. The number of carbonyl (C=O) groups is 1. The van der Waals surface area contributed by atoms with Gasteiger partial charge in [-0.25, -0.2) is 14.1 Å². The van der Waals surface area contributed by atoms with E-state index in [4.69, 9.17) is 5.14 Å². The third kappa shape index (κ3) is 5.25. The summed E-state index contributed by atoms with van der Waals surface area (Å²) in [5.41, 5.74) is 0. The second-order valence-corrected chi connectivity index (χ2v) is 3.33. The summed E-state index contributed by atoms with van der Waals surface area (Å²) in [6.45, 7) is 0. The second kappa shape index (κ2) is 2.79. The van der Waals surface area contributed by atoms with Gasteiger partial charge in [0.1, 0.15) is 9.92 Å². The largest absolute Gasteiger partial charge is 0.451 e. The van der Waals surface area contributed by atoms with Crippen LogP contribution < -0.4 is 5.14 Å². The van der Waals surface area contributed by atoms with Crippen molar-refractivity contribution >= 4 is 16.0 Å². The first kappa shape index (κ1) is 8.38. The predicted molar refractivity (Wildman–Crippen MR) is 33.1 cm³/mol. The molecule has 1 atom stereocenters. The van der Waals surface area contributed by atoms with Crippen molar-refractivity contribution in [2.45, 2.75) is 0 Å². The normalized spacial score (nSPS) is 15.9. The molecule has 0 radical (unpaired) electrons. The van der Waals surface area contributed by atoms with Gasteiger partial charge < -0.3 is 4.74 Å². The molecule has 2 N–H and O–H groups in total. The molecule has 0 saturated heterocycles. The molecule has 0 aromatic rings. The Morgan fingerprint density at radius 2 is 2.22 bits per heavy atom. The first-order valence-electron chi connectivity index (χ1n) is 2.03. The van der Waals surface area contributed by atoms with E-state index in [1.165, 1.54) is 0 Å². The number of methoxy groups -OCH3 is 1. The quantitative estimate of drug-likeness (QED) is 0.518. The van der Waals surface area contributed by atoms with Crippen LogP contribution in [0.25, 0.3) is 0 Å². The van der Waals surface area contributed by atoms with Crippen molar-refractivity contribution in [3.63, 3.8) is 0 Å². The Kier molecular flexibility index (Phi) is 2.60. The molecule has 0 saturated carbocycles. The molecule has 6 heteroatoms. The van der Waals surface area contributed by atoms with Gasteiger partial charge in [-0.15, -0.1) is 4.36 Å². The molecule has 0 aromatic heterocycles. The molecular weight excluding hydrogens is 144 g/mol. The average Bonchev–Trinajstić information content (AvgIpc) is 1.62. The summed E-state index contributed by atoms with van der Waals surface area (Å²) in [5, 5.41) is 4.87. The maximum absolute atomic E-state index is 10.5. The lowest BCUT2D eigenvalue weighted by molar-refractivity contribution is 0.183. The number of rotatable bonds is 0. The van der Waals surface area contributed by atoms with Gasteiger partial charge in [0.2, 0.25) is 0 Å². The second-order valence-electron chi connectivity index (χ2n) is 1.42. The van der Waals surface area contributed by atoms with Gasteiger partial charge in [0.05, 0.1) is 7.11 Å². The lowest BCUT2D eigenvalue weighted by Crippen LogP contribution is -2.11. The molecule has 0 bridgehead atoms. The van der Waals surface area contributed by atoms with E-state index in [1.807, 2.05) is 0 Å². The maximum atomic E-state index is 10.5. The van der Waals surface area contributed by atoms with E-state index in [2.05, 4.69) is 9.10 Å². The SMILES string of the molecule is COC(=O)N=S(C)(N)=O. The number of hydrogen-bond donors (Lipinski definition) is 1. The van der Waals surface area contributed by atoms with Crippen molar-refractivity contribution < 1.29 is 13.7 Å².